The molecule has 6 heteroatoms. The number of pyridine rings is 1. The first-order valence-electron chi connectivity index (χ1n) is 4.31. The van der Waals surface area contributed by atoms with E-state index in [1.807, 2.05) is 0 Å². The molecular weight excluding hydrogens is 262 g/mol. The lowest BCUT2D eigenvalue weighted by Crippen LogP contribution is -2.39. The van der Waals surface area contributed by atoms with E-state index in [1.54, 1.807) is 18.3 Å². The highest BCUT2D eigenvalue weighted by molar-refractivity contribution is 9.10. The number of carbonyl (C=O) groups excluding carboxylic acids is 1. The number of ether oxygens (including phenoxy) is 1. The van der Waals surface area contributed by atoms with Gasteiger partial charge in [0.1, 0.15) is 11.9 Å². The van der Waals surface area contributed by atoms with Crippen LogP contribution in [-0.4, -0.2) is 30.6 Å². The molecule has 1 heterocycles. The van der Waals surface area contributed by atoms with Gasteiger partial charge in [0.15, 0.2) is 0 Å². The van der Waals surface area contributed by atoms with E-state index < -0.39 is 6.04 Å². The molecule has 1 atom stereocenters. The molecule has 15 heavy (non-hydrogen) atoms. The van der Waals surface area contributed by atoms with E-state index in [0.29, 0.717) is 10.3 Å². The molecule has 1 rings (SSSR count). The van der Waals surface area contributed by atoms with Gasteiger partial charge in [-0.1, -0.05) is 0 Å². The van der Waals surface area contributed by atoms with Crippen LogP contribution in [0.2, 0.25) is 0 Å². The van der Waals surface area contributed by atoms with Crippen molar-refractivity contribution in [1.29, 1.82) is 0 Å². The van der Waals surface area contributed by atoms with Gasteiger partial charge in [-0.3, -0.25) is 4.79 Å². The van der Waals surface area contributed by atoms with Gasteiger partial charge in [0.05, 0.1) is 11.1 Å². The number of rotatable bonds is 4. The third kappa shape index (κ3) is 3.58. The van der Waals surface area contributed by atoms with Crippen LogP contribution in [0.4, 0.5) is 5.82 Å². The molecule has 0 aliphatic heterocycles. The highest BCUT2D eigenvalue weighted by atomic mass is 79.9. The summed E-state index contributed by atoms with van der Waals surface area (Å²) in [5.74, 6) is 0.130. The van der Waals surface area contributed by atoms with Gasteiger partial charge < -0.3 is 15.8 Å². The van der Waals surface area contributed by atoms with Gasteiger partial charge in [-0.2, -0.15) is 0 Å². The maximum Gasteiger partial charge on any atom is 0.244 e. The summed E-state index contributed by atoms with van der Waals surface area (Å²) in [7, 11) is 1.49. The van der Waals surface area contributed by atoms with Gasteiger partial charge in [0.2, 0.25) is 5.91 Å². The van der Waals surface area contributed by atoms with Gasteiger partial charge in [-0.25, -0.2) is 4.98 Å². The third-order valence-corrected chi connectivity index (χ3v) is 2.32. The highest BCUT2D eigenvalue weighted by Crippen LogP contribution is 2.18. The van der Waals surface area contributed by atoms with E-state index in [-0.39, 0.29) is 12.5 Å². The molecule has 0 saturated heterocycles. The SMILES string of the molecule is COCC(N)C(=O)Nc1ncccc1Br. The molecule has 1 unspecified atom stereocenters. The minimum Gasteiger partial charge on any atom is -0.383 e. The number of hydrogen-bond acceptors (Lipinski definition) is 4. The molecule has 0 aliphatic rings. The van der Waals surface area contributed by atoms with Crippen molar-refractivity contribution in [2.75, 3.05) is 19.0 Å². The van der Waals surface area contributed by atoms with Crippen LogP contribution in [0.25, 0.3) is 0 Å². The summed E-state index contributed by atoms with van der Waals surface area (Å²) in [6, 6.07) is 2.85. The number of carbonyl (C=O) groups is 1. The molecule has 5 nitrogen and oxygen atoms in total. The zero-order valence-corrected chi connectivity index (χ0v) is 9.82. The van der Waals surface area contributed by atoms with Crippen LogP contribution in [0, 0.1) is 0 Å². The maximum absolute atomic E-state index is 11.5. The number of nitrogens with two attached hydrogens (primary N) is 1. The monoisotopic (exact) mass is 273 g/mol. The average Bonchev–Trinajstić information content (AvgIpc) is 2.21. The fourth-order valence-electron chi connectivity index (χ4n) is 0.942. The van der Waals surface area contributed by atoms with Gasteiger partial charge in [-0.05, 0) is 28.1 Å². The number of aromatic nitrogens is 1. The molecule has 0 saturated carbocycles. The Morgan fingerprint density at radius 3 is 3.13 bits per heavy atom. The van der Waals surface area contributed by atoms with Gasteiger partial charge in [-0.15, -0.1) is 0 Å². The molecule has 0 aliphatic carbocycles. The predicted molar refractivity (Wildman–Crippen MR) is 60.4 cm³/mol. The highest BCUT2D eigenvalue weighted by Gasteiger charge is 2.14. The largest absolute Gasteiger partial charge is 0.383 e. The van der Waals surface area contributed by atoms with Gasteiger partial charge >= 0.3 is 0 Å². The van der Waals surface area contributed by atoms with Crippen molar-refractivity contribution < 1.29 is 9.53 Å². The lowest BCUT2D eigenvalue weighted by Gasteiger charge is -2.11. The minimum atomic E-state index is -0.691. The van der Waals surface area contributed by atoms with Crippen molar-refractivity contribution in [1.82, 2.24) is 4.98 Å². The number of nitrogens with one attached hydrogen (secondary N) is 1. The molecular formula is C9H12BrN3O2. The Kier molecular flexibility index (Phi) is 4.67. The van der Waals surface area contributed by atoms with Crippen LogP contribution in [-0.2, 0) is 9.53 Å². The smallest absolute Gasteiger partial charge is 0.244 e. The standard InChI is InChI=1S/C9H12BrN3O2/c1-15-5-7(11)9(14)13-8-6(10)3-2-4-12-8/h2-4,7H,5,11H2,1H3,(H,12,13,14). The van der Waals surface area contributed by atoms with Crippen LogP contribution in [0.1, 0.15) is 0 Å². The molecule has 1 amide bonds. The summed E-state index contributed by atoms with van der Waals surface area (Å²) in [5, 5.41) is 2.59. The molecule has 0 radical (unpaired) electrons. The second-order valence-corrected chi connectivity index (χ2v) is 3.74. The second-order valence-electron chi connectivity index (χ2n) is 2.88. The zero-order valence-electron chi connectivity index (χ0n) is 8.24. The molecule has 0 bridgehead atoms. The molecule has 1 aromatic rings. The Labute approximate surface area is 96.1 Å². The Balaban J connectivity index is 2.62. The third-order valence-electron chi connectivity index (χ3n) is 1.68. The van der Waals surface area contributed by atoms with Crippen molar-refractivity contribution in [2.45, 2.75) is 6.04 Å². The van der Waals surface area contributed by atoms with E-state index in [9.17, 15) is 4.79 Å². The fourth-order valence-corrected chi connectivity index (χ4v) is 1.30. The number of amides is 1. The van der Waals surface area contributed by atoms with E-state index in [0.717, 1.165) is 0 Å². The first kappa shape index (κ1) is 12.1. The summed E-state index contributed by atoms with van der Waals surface area (Å²) in [6.45, 7) is 0.177. The zero-order chi connectivity index (χ0) is 11.3. The summed E-state index contributed by atoms with van der Waals surface area (Å²) in [4.78, 5) is 15.5. The number of methoxy groups -OCH3 is 1. The maximum atomic E-state index is 11.5. The van der Waals surface area contributed by atoms with Crippen LogP contribution < -0.4 is 11.1 Å². The van der Waals surface area contributed by atoms with E-state index in [2.05, 4.69) is 26.2 Å². The summed E-state index contributed by atoms with van der Waals surface area (Å²) in [6.07, 6.45) is 1.59. The predicted octanol–water partition coefficient (Wildman–Crippen LogP) is 0.756. The number of nitrogens with zero attached hydrogens (tertiary/aromatic N) is 1. The van der Waals surface area contributed by atoms with Crippen molar-refractivity contribution in [2.24, 2.45) is 5.73 Å². The first-order valence-corrected chi connectivity index (χ1v) is 5.10. The molecule has 1 aromatic heterocycles. The molecule has 0 spiro atoms. The fraction of sp³-hybridized carbons (Fsp3) is 0.333. The van der Waals surface area contributed by atoms with E-state index in [1.165, 1.54) is 7.11 Å². The average molecular weight is 274 g/mol. The first-order chi connectivity index (χ1) is 7.15. The van der Waals surface area contributed by atoms with E-state index >= 15 is 0 Å². The van der Waals surface area contributed by atoms with Crippen LogP contribution in [0.3, 0.4) is 0 Å². The van der Waals surface area contributed by atoms with Gasteiger partial charge in [0, 0.05) is 13.3 Å². The Morgan fingerprint density at radius 1 is 1.80 bits per heavy atom. The van der Waals surface area contributed by atoms with Crippen molar-refractivity contribution >= 4 is 27.7 Å². The molecule has 0 aromatic carbocycles. The Bertz CT molecular complexity index is 346. The number of halogens is 1. The number of hydrogen-bond donors (Lipinski definition) is 2. The lowest BCUT2D eigenvalue weighted by atomic mass is 10.3. The topological polar surface area (TPSA) is 77.2 Å². The van der Waals surface area contributed by atoms with Crippen molar-refractivity contribution in [3.63, 3.8) is 0 Å². The van der Waals surface area contributed by atoms with Crippen molar-refractivity contribution in [3.8, 4) is 0 Å². The van der Waals surface area contributed by atoms with Gasteiger partial charge in [0.25, 0.3) is 0 Å². The van der Waals surface area contributed by atoms with E-state index in [4.69, 9.17) is 10.5 Å². The molecule has 0 fully saturated rings. The normalized spacial score (nSPS) is 12.2. The molecule has 82 valence electrons. The van der Waals surface area contributed by atoms with Crippen LogP contribution >= 0.6 is 15.9 Å². The summed E-state index contributed by atoms with van der Waals surface area (Å²) in [5.41, 5.74) is 5.55. The Morgan fingerprint density at radius 2 is 2.53 bits per heavy atom. The number of anilines is 1. The second kappa shape index (κ2) is 5.79. The van der Waals surface area contributed by atoms with Crippen LogP contribution in [0.15, 0.2) is 22.8 Å². The summed E-state index contributed by atoms with van der Waals surface area (Å²) < 4.78 is 5.49. The minimum absolute atomic E-state index is 0.177. The summed E-state index contributed by atoms with van der Waals surface area (Å²) >= 11 is 3.26. The van der Waals surface area contributed by atoms with Crippen LogP contribution in [0.5, 0.6) is 0 Å². The Hall–Kier alpha value is -0.980. The van der Waals surface area contributed by atoms with Crippen molar-refractivity contribution in [3.05, 3.63) is 22.8 Å². The quantitative estimate of drug-likeness (QED) is 0.849. The lowest BCUT2D eigenvalue weighted by molar-refractivity contribution is -0.118. The molecule has 3 N–H and O–H groups in total.